The Bertz CT molecular complexity index is 3160. The third-order valence-electron chi connectivity index (χ3n) is 10.4. The second-order valence-electron chi connectivity index (χ2n) is 13.3. The van der Waals surface area contributed by atoms with Crippen molar-refractivity contribution >= 4 is 59.9 Å². The van der Waals surface area contributed by atoms with Gasteiger partial charge in [0.1, 0.15) is 17.2 Å². The Balaban J connectivity index is 1.17. The summed E-state index contributed by atoms with van der Waals surface area (Å²) in [5.41, 5.74) is 10.6. The number of benzene rings is 6. The highest BCUT2D eigenvalue weighted by atomic mass is 15.1. The van der Waals surface area contributed by atoms with Crippen molar-refractivity contribution in [3.05, 3.63) is 182 Å². The number of aromatic nitrogens is 5. The Labute approximate surface area is 298 Å². The second kappa shape index (κ2) is 11.2. The number of rotatable bonds is 4. The smallest absolute Gasteiger partial charge is 0.237 e. The molecule has 5 aromatic heterocycles. The lowest BCUT2D eigenvalue weighted by molar-refractivity contribution is -0.511. The van der Waals surface area contributed by atoms with Crippen molar-refractivity contribution in [2.45, 2.75) is 0 Å². The van der Waals surface area contributed by atoms with Crippen molar-refractivity contribution in [1.82, 2.24) is 19.1 Å². The molecule has 0 radical (unpaired) electrons. The number of para-hydroxylation sites is 2. The largest absolute Gasteiger partial charge is 0.309 e. The molecule has 11 aromatic rings. The van der Waals surface area contributed by atoms with Crippen LogP contribution in [0.3, 0.4) is 0 Å². The van der Waals surface area contributed by atoms with Crippen LogP contribution in [0.2, 0.25) is 0 Å². The summed E-state index contributed by atoms with van der Waals surface area (Å²) in [6.45, 7) is 0. The Morgan fingerprint density at radius 2 is 1.23 bits per heavy atom. The SMILES string of the molecule is c1ccc(-c2nc(-c3ccc(-n4c5cc6c(cc5c5c7ccccc7ccc54)c4ccccc4n6-c4ccccc4)nc3)c[n+]3ccccc23)cc1. The first-order valence-corrected chi connectivity index (χ1v) is 17.6. The quantitative estimate of drug-likeness (QED) is 0.176. The van der Waals surface area contributed by atoms with E-state index in [0.29, 0.717) is 0 Å². The van der Waals surface area contributed by atoms with Gasteiger partial charge in [-0.1, -0.05) is 97.1 Å². The summed E-state index contributed by atoms with van der Waals surface area (Å²) in [6.07, 6.45) is 6.12. The highest BCUT2D eigenvalue weighted by Crippen LogP contribution is 2.41. The third-order valence-corrected chi connectivity index (χ3v) is 10.4. The molecule has 0 saturated carbocycles. The second-order valence-corrected chi connectivity index (χ2v) is 13.3. The molecule has 5 heterocycles. The first kappa shape index (κ1) is 28.7. The van der Waals surface area contributed by atoms with Crippen molar-refractivity contribution in [2.75, 3.05) is 0 Å². The zero-order valence-corrected chi connectivity index (χ0v) is 28.1. The minimum atomic E-state index is 0.859. The van der Waals surface area contributed by atoms with E-state index in [-0.39, 0.29) is 0 Å². The lowest BCUT2D eigenvalue weighted by atomic mass is 10.0. The number of hydrogen-bond acceptors (Lipinski definition) is 2. The van der Waals surface area contributed by atoms with E-state index in [1.807, 2.05) is 18.3 Å². The number of hydrogen-bond donors (Lipinski definition) is 0. The van der Waals surface area contributed by atoms with Crippen LogP contribution in [0.25, 0.3) is 93.9 Å². The summed E-state index contributed by atoms with van der Waals surface area (Å²) >= 11 is 0. The van der Waals surface area contributed by atoms with Gasteiger partial charge in [0.05, 0.1) is 22.1 Å². The minimum Gasteiger partial charge on any atom is -0.309 e. The van der Waals surface area contributed by atoms with Crippen LogP contribution in [0, 0.1) is 0 Å². The summed E-state index contributed by atoms with van der Waals surface area (Å²) in [6, 6.07) is 58.1. The summed E-state index contributed by atoms with van der Waals surface area (Å²) in [7, 11) is 0. The topological polar surface area (TPSA) is 39.7 Å². The Kier molecular flexibility index (Phi) is 6.18. The van der Waals surface area contributed by atoms with Gasteiger partial charge in [0.2, 0.25) is 11.7 Å². The third kappa shape index (κ3) is 4.26. The summed E-state index contributed by atoms with van der Waals surface area (Å²) in [5, 5.41) is 7.37. The van der Waals surface area contributed by atoms with E-state index in [2.05, 4.69) is 178 Å². The van der Waals surface area contributed by atoms with Gasteiger partial charge in [-0.25, -0.2) is 9.97 Å². The lowest BCUT2D eigenvalue weighted by Crippen LogP contribution is -2.22. The molecule has 0 bridgehead atoms. The molecule has 0 unspecified atom stereocenters. The van der Waals surface area contributed by atoms with Crippen LogP contribution in [0.4, 0.5) is 0 Å². The molecule has 0 aliphatic heterocycles. The van der Waals surface area contributed by atoms with E-state index < -0.39 is 0 Å². The zero-order valence-electron chi connectivity index (χ0n) is 28.1. The molecule has 5 heteroatoms. The number of pyridine rings is 2. The highest BCUT2D eigenvalue weighted by Gasteiger charge is 2.21. The van der Waals surface area contributed by atoms with Crippen LogP contribution in [-0.4, -0.2) is 19.1 Å². The van der Waals surface area contributed by atoms with E-state index in [1.165, 1.54) is 37.8 Å². The van der Waals surface area contributed by atoms with Gasteiger partial charge < -0.3 is 4.57 Å². The van der Waals surface area contributed by atoms with Crippen LogP contribution in [0.15, 0.2) is 182 Å². The van der Waals surface area contributed by atoms with E-state index >= 15 is 0 Å². The van der Waals surface area contributed by atoms with E-state index in [4.69, 9.17) is 9.97 Å². The molecule has 0 aliphatic rings. The molecular formula is C47H30N5+. The lowest BCUT2D eigenvalue weighted by Gasteiger charge is -2.10. The average molecular weight is 665 g/mol. The van der Waals surface area contributed by atoms with E-state index in [0.717, 1.165) is 56.1 Å². The van der Waals surface area contributed by atoms with Crippen LogP contribution >= 0.6 is 0 Å². The zero-order chi connectivity index (χ0) is 34.2. The first-order valence-electron chi connectivity index (χ1n) is 17.6. The Morgan fingerprint density at radius 3 is 2.08 bits per heavy atom. The highest BCUT2D eigenvalue weighted by molar-refractivity contribution is 6.25. The predicted molar refractivity (Wildman–Crippen MR) is 212 cm³/mol. The minimum absolute atomic E-state index is 0.859. The molecule has 0 fully saturated rings. The molecule has 242 valence electrons. The van der Waals surface area contributed by atoms with Crippen LogP contribution in [0.1, 0.15) is 0 Å². The summed E-state index contributed by atoms with van der Waals surface area (Å²) in [4.78, 5) is 10.4. The summed E-state index contributed by atoms with van der Waals surface area (Å²) in [5.74, 6) is 0.859. The fraction of sp³-hybridized carbons (Fsp3) is 0. The van der Waals surface area contributed by atoms with E-state index in [9.17, 15) is 0 Å². The standard InChI is InChI=1S/C47H30N5/c1-3-14-32(15-4-1)47-42-21-11-12-26-50(42)30-39(49-47)33-23-25-45(48-29-33)52-41-24-22-31-13-7-8-18-35(31)46(41)38-27-37-36-19-9-10-20-40(36)51(43(37)28-44(38)52)34-16-5-2-6-17-34/h1-30H/q+1. The van der Waals surface area contributed by atoms with Crippen LogP contribution in [0.5, 0.6) is 0 Å². The Morgan fingerprint density at radius 1 is 0.481 bits per heavy atom. The van der Waals surface area contributed by atoms with Gasteiger partial charge in [-0.2, -0.15) is 4.40 Å². The monoisotopic (exact) mass is 664 g/mol. The van der Waals surface area contributed by atoms with Gasteiger partial charge in [-0.3, -0.25) is 4.57 Å². The van der Waals surface area contributed by atoms with Crippen molar-refractivity contribution in [2.24, 2.45) is 0 Å². The summed E-state index contributed by atoms with van der Waals surface area (Å²) < 4.78 is 6.85. The predicted octanol–water partition coefficient (Wildman–Crippen LogP) is 10.9. The van der Waals surface area contributed by atoms with Crippen molar-refractivity contribution in [3.63, 3.8) is 0 Å². The molecule has 0 saturated heterocycles. The molecule has 52 heavy (non-hydrogen) atoms. The molecule has 0 amide bonds. The van der Waals surface area contributed by atoms with Gasteiger partial charge >= 0.3 is 0 Å². The molecule has 0 aliphatic carbocycles. The van der Waals surface area contributed by atoms with Gasteiger partial charge in [0, 0.05) is 56.7 Å². The average Bonchev–Trinajstić information content (AvgIpc) is 3.72. The maximum absolute atomic E-state index is 5.19. The Hall–Kier alpha value is -7.11. The fourth-order valence-electron chi connectivity index (χ4n) is 8.08. The molecule has 0 spiro atoms. The van der Waals surface area contributed by atoms with Crippen LogP contribution < -0.4 is 4.40 Å². The van der Waals surface area contributed by atoms with Crippen molar-refractivity contribution in [3.8, 4) is 34.0 Å². The molecular weight excluding hydrogens is 635 g/mol. The van der Waals surface area contributed by atoms with E-state index in [1.54, 1.807) is 0 Å². The molecule has 0 atom stereocenters. The molecule has 5 nitrogen and oxygen atoms in total. The maximum atomic E-state index is 5.19. The normalized spacial score (nSPS) is 11.8. The van der Waals surface area contributed by atoms with Gasteiger partial charge in [0.15, 0.2) is 6.20 Å². The van der Waals surface area contributed by atoms with Gasteiger partial charge in [-0.05, 0) is 65.4 Å². The van der Waals surface area contributed by atoms with Crippen molar-refractivity contribution in [1.29, 1.82) is 0 Å². The van der Waals surface area contributed by atoms with Gasteiger partial charge in [0.25, 0.3) is 0 Å². The van der Waals surface area contributed by atoms with Crippen LogP contribution in [-0.2, 0) is 0 Å². The molecule has 11 rings (SSSR count). The number of fused-ring (bicyclic) bond motifs is 9. The maximum Gasteiger partial charge on any atom is 0.237 e. The first-order chi connectivity index (χ1) is 25.8. The molecule has 0 N–H and O–H groups in total. The fourth-order valence-corrected chi connectivity index (χ4v) is 8.08. The molecule has 6 aromatic carbocycles. The van der Waals surface area contributed by atoms with Gasteiger partial charge in [-0.15, -0.1) is 0 Å². The van der Waals surface area contributed by atoms with Crippen molar-refractivity contribution < 1.29 is 4.40 Å². The number of nitrogens with zero attached hydrogens (tertiary/aromatic N) is 5.